The van der Waals surface area contributed by atoms with Crippen LogP contribution >= 0.6 is 11.6 Å². The number of nitrogens with one attached hydrogen (secondary N) is 3. The third-order valence-electron chi connectivity index (χ3n) is 4.45. The van der Waals surface area contributed by atoms with Gasteiger partial charge in [-0.3, -0.25) is 10.9 Å². The number of benzene rings is 1. The molecule has 0 aromatic heterocycles. The Morgan fingerprint density at radius 2 is 2.22 bits per heavy atom. The molecule has 7 heteroatoms. The van der Waals surface area contributed by atoms with Gasteiger partial charge in [0.25, 0.3) is 0 Å². The van der Waals surface area contributed by atoms with Crippen LogP contribution in [0.15, 0.2) is 18.2 Å². The average Bonchev–Trinajstić information content (AvgIpc) is 3.28. The van der Waals surface area contributed by atoms with Crippen molar-refractivity contribution in [1.82, 2.24) is 15.8 Å². The summed E-state index contributed by atoms with van der Waals surface area (Å²) in [4.78, 5) is 14.1. The van der Waals surface area contributed by atoms with Gasteiger partial charge in [0.1, 0.15) is 5.75 Å². The number of amides is 2. The zero-order chi connectivity index (χ0) is 16.4. The Kier molecular flexibility index (Phi) is 4.94. The van der Waals surface area contributed by atoms with Gasteiger partial charge < -0.3 is 15.0 Å². The largest absolute Gasteiger partial charge is 0.495 e. The maximum absolute atomic E-state index is 12.4. The second-order valence-electron chi connectivity index (χ2n) is 6.32. The summed E-state index contributed by atoms with van der Waals surface area (Å²) in [5.74, 6) is 1.40. The Balaban J connectivity index is 1.54. The molecule has 1 aromatic carbocycles. The van der Waals surface area contributed by atoms with Crippen LogP contribution in [0.2, 0.25) is 5.02 Å². The summed E-state index contributed by atoms with van der Waals surface area (Å²) in [5.41, 5.74) is 7.21. The first-order chi connectivity index (χ1) is 11.1. The van der Waals surface area contributed by atoms with Gasteiger partial charge in [-0.2, -0.15) is 0 Å². The number of rotatable bonds is 5. The molecule has 1 heterocycles. The molecule has 2 aliphatic rings. The monoisotopic (exact) mass is 338 g/mol. The molecule has 0 spiro atoms. The number of carbonyl (C=O) groups excluding carboxylic acids is 1. The Morgan fingerprint density at radius 3 is 2.91 bits per heavy atom. The molecule has 1 aliphatic carbocycles. The van der Waals surface area contributed by atoms with Crippen molar-refractivity contribution in [3.05, 3.63) is 23.2 Å². The fourth-order valence-corrected chi connectivity index (χ4v) is 3.15. The lowest BCUT2D eigenvalue weighted by Crippen LogP contribution is -2.43. The SMILES string of the molecule is COc1ccc(Cl)cc1NC(=O)N(C)CC1CC(C2CC2)NN1. The van der Waals surface area contributed by atoms with Gasteiger partial charge in [0.2, 0.25) is 0 Å². The summed E-state index contributed by atoms with van der Waals surface area (Å²) < 4.78 is 5.25. The van der Waals surface area contributed by atoms with Crippen molar-refractivity contribution < 1.29 is 9.53 Å². The van der Waals surface area contributed by atoms with Gasteiger partial charge in [0, 0.05) is 30.7 Å². The zero-order valence-corrected chi connectivity index (χ0v) is 14.2. The predicted octanol–water partition coefficient (Wildman–Crippen LogP) is 2.46. The highest BCUT2D eigenvalue weighted by Gasteiger charge is 2.36. The Labute approximate surface area is 141 Å². The first-order valence-corrected chi connectivity index (χ1v) is 8.31. The number of carbonyl (C=O) groups is 1. The molecule has 2 atom stereocenters. The van der Waals surface area contributed by atoms with Gasteiger partial charge in [0.15, 0.2) is 0 Å². The summed E-state index contributed by atoms with van der Waals surface area (Å²) in [6.07, 6.45) is 3.69. The number of halogens is 1. The minimum Gasteiger partial charge on any atom is -0.495 e. The Morgan fingerprint density at radius 1 is 1.43 bits per heavy atom. The van der Waals surface area contributed by atoms with Crippen LogP contribution in [0.4, 0.5) is 10.5 Å². The molecule has 0 radical (unpaired) electrons. The molecule has 2 fully saturated rings. The van der Waals surface area contributed by atoms with Gasteiger partial charge in [0.05, 0.1) is 12.8 Å². The number of likely N-dealkylation sites (N-methyl/N-ethyl adjacent to an activating group) is 1. The highest BCUT2D eigenvalue weighted by molar-refractivity contribution is 6.31. The molecule has 126 valence electrons. The molecule has 6 nitrogen and oxygen atoms in total. The van der Waals surface area contributed by atoms with Crippen LogP contribution in [0.1, 0.15) is 19.3 Å². The van der Waals surface area contributed by atoms with E-state index in [0.717, 1.165) is 12.3 Å². The van der Waals surface area contributed by atoms with Crippen molar-refractivity contribution in [2.75, 3.05) is 26.0 Å². The first kappa shape index (κ1) is 16.4. The minimum absolute atomic E-state index is 0.178. The van der Waals surface area contributed by atoms with Gasteiger partial charge in [-0.1, -0.05) is 11.6 Å². The van der Waals surface area contributed by atoms with Crippen LogP contribution in [-0.2, 0) is 0 Å². The summed E-state index contributed by atoms with van der Waals surface area (Å²) in [7, 11) is 3.35. The number of nitrogens with zero attached hydrogens (tertiary/aromatic N) is 1. The molecular weight excluding hydrogens is 316 g/mol. The number of hydrogen-bond donors (Lipinski definition) is 3. The fraction of sp³-hybridized carbons (Fsp3) is 0.562. The van der Waals surface area contributed by atoms with E-state index in [1.807, 2.05) is 0 Å². The van der Waals surface area contributed by atoms with Crippen LogP contribution in [0.25, 0.3) is 0 Å². The molecule has 1 saturated heterocycles. The molecule has 3 N–H and O–H groups in total. The standard InChI is InChI=1S/C16H23ClN4O2/c1-21(9-12-8-13(20-19-12)10-3-4-10)16(22)18-14-7-11(17)5-6-15(14)23-2/h5-7,10,12-13,19-20H,3-4,8-9H2,1-2H3,(H,18,22). The van der Waals surface area contributed by atoms with Crippen molar-refractivity contribution in [1.29, 1.82) is 0 Å². The Bertz CT molecular complexity index is 579. The van der Waals surface area contributed by atoms with Crippen molar-refractivity contribution in [3.8, 4) is 5.75 Å². The quantitative estimate of drug-likeness (QED) is 0.771. The van der Waals surface area contributed by atoms with E-state index in [-0.39, 0.29) is 12.1 Å². The number of anilines is 1. The van der Waals surface area contributed by atoms with E-state index in [1.54, 1.807) is 37.3 Å². The smallest absolute Gasteiger partial charge is 0.321 e. The topological polar surface area (TPSA) is 65.6 Å². The maximum Gasteiger partial charge on any atom is 0.321 e. The Hall–Kier alpha value is -1.50. The number of hydrogen-bond acceptors (Lipinski definition) is 4. The second kappa shape index (κ2) is 6.95. The fourth-order valence-electron chi connectivity index (χ4n) is 2.98. The van der Waals surface area contributed by atoms with Crippen LogP contribution in [0.5, 0.6) is 5.75 Å². The third-order valence-corrected chi connectivity index (χ3v) is 4.68. The highest BCUT2D eigenvalue weighted by atomic mass is 35.5. The van der Waals surface area contributed by atoms with Crippen LogP contribution in [-0.4, -0.2) is 43.7 Å². The summed E-state index contributed by atoms with van der Waals surface area (Å²) >= 11 is 5.99. The maximum atomic E-state index is 12.4. The molecule has 1 saturated carbocycles. The van der Waals surface area contributed by atoms with Crippen LogP contribution in [0.3, 0.4) is 0 Å². The van der Waals surface area contributed by atoms with Gasteiger partial charge in [-0.15, -0.1) is 0 Å². The molecular formula is C16H23ClN4O2. The van der Waals surface area contributed by atoms with Gasteiger partial charge in [-0.05, 0) is 43.4 Å². The summed E-state index contributed by atoms with van der Waals surface area (Å²) in [6, 6.07) is 5.79. The minimum atomic E-state index is -0.178. The molecule has 1 aromatic rings. The number of methoxy groups -OCH3 is 1. The van der Waals surface area contributed by atoms with Crippen LogP contribution < -0.4 is 20.9 Å². The van der Waals surface area contributed by atoms with Crippen molar-refractivity contribution in [2.45, 2.75) is 31.3 Å². The van der Waals surface area contributed by atoms with E-state index in [9.17, 15) is 4.79 Å². The van der Waals surface area contributed by atoms with Crippen molar-refractivity contribution in [3.63, 3.8) is 0 Å². The summed E-state index contributed by atoms with van der Waals surface area (Å²) in [5, 5.41) is 3.41. The van der Waals surface area contributed by atoms with E-state index >= 15 is 0 Å². The van der Waals surface area contributed by atoms with E-state index < -0.39 is 0 Å². The van der Waals surface area contributed by atoms with E-state index in [2.05, 4.69) is 16.2 Å². The molecule has 2 unspecified atom stereocenters. The van der Waals surface area contributed by atoms with E-state index in [1.165, 1.54) is 12.8 Å². The predicted molar refractivity (Wildman–Crippen MR) is 90.8 cm³/mol. The average molecular weight is 339 g/mol. The van der Waals surface area contributed by atoms with Crippen molar-refractivity contribution >= 4 is 23.3 Å². The van der Waals surface area contributed by atoms with Crippen LogP contribution in [0, 0.1) is 5.92 Å². The van der Waals surface area contributed by atoms with Gasteiger partial charge in [-0.25, -0.2) is 4.79 Å². The first-order valence-electron chi connectivity index (χ1n) is 7.93. The molecule has 0 bridgehead atoms. The third kappa shape index (κ3) is 4.07. The van der Waals surface area contributed by atoms with E-state index in [0.29, 0.717) is 29.0 Å². The number of hydrazine groups is 1. The molecule has 1 aliphatic heterocycles. The lowest BCUT2D eigenvalue weighted by atomic mass is 10.1. The molecule has 3 rings (SSSR count). The second-order valence-corrected chi connectivity index (χ2v) is 6.76. The van der Waals surface area contributed by atoms with Gasteiger partial charge >= 0.3 is 6.03 Å². The van der Waals surface area contributed by atoms with E-state index in [4.69, 9.17) is 16.3 Å². The zero-order valence-electron chi connectivity index (χ0n) is 13.4. The number of urea groups is 1. The molecule has 23 heavy (non-hydrogen) atoms. The molecule has 2 amide bonds. The van der Waals surface area contributed by atoms with Crippen molar-refractivity contribution in [2.24, 2.45) is 5.92 Å². The lowest BCUT2D eigenvalue weighted by molar-refractivity contribution is 0.217. The summed E-state index contributed by atoms with van der Waals surface area (Å²) in [6.45, 7) is 0.644. The number of ether oxygens (including phenoxy) is 1. The highest BCUT2D eigenvalue weighted by Crippen LogP contribution is 2.35. The normalized spacial score (nSPS) is 23.6. The lowest BCUT2D eigenvalue weighted by Gasteiger charge is -2.22.